The van der Waals surface area contributed by atoms with Crippen LogP contribution in [0.25, 0.3) is 0 Å². The lowest BCUT2D eigenvalue weighted by atomic mass is 10.2. The van der Waals surface area contributed by atoms with Crippen LogP contribution < -0.4 is 5.32 Å². The number of hydrogen-bond donors (Lipinski definition) is 1. The molecule has 0 aliphatic carbocycles. The summed E-state index contributed by atoms with van der Waals surface area (Å²) in [6.45, 7) is 17.3. The summed E-state index contributed by atoms with van der Waals surface area (Å²) in [5, 5.41) is 3.30. The first kappa shape index (κ1) is 29.1. The van der Waals surface area contributed by atoms with Gasteiger partial charge in [0.2, 0.25) is 5.91 Å². The second kappa shape index (κ2) is 15.0. The molecule has 1 amide bonds. The minimum Gasteiger partial charge on any atom is -0.374 e. The number of ether oxygens (including phenoxy) is 1. The molecular weight excluding hydrogens is 437 g/mol. The maximum Gasteiger partial charge on any atom is 0.223 e. The third-order valence-corrected chi connectivity index (χ3v) is 5.94. The van der Waals surface area contributed by atoms with E-state index < -0.39 is 0 Å². The zero-order valence-electron chi connectivity index (χ0n) is 17.9. The van der Waals surface area contributed by atoms with Crippen molar-refractivity contribution in [1.29, 1.82) is 0 Å². The van der Waals surface area contributed by atoms with Gasteiger partial charge in [-0.25, -0.2) is 0 Å². The van der Waals surface area contributed by atoms with Crippen LogP contribution in [-0.2, 0) is 9.53 Å². The van der Waals surface area contributed by atoms with Crippen LogP contribution in [0.15, 0.2) is 0 Å². The van der Waals surface area contributed by atoms with Crippen molar-refractivity contribution in [3.8, 4) is 0 Å². The fourth-order valence-electron chi connectivity index (χ4n) is 4.13. The Bertz CT molecular complexity index is 448. The molecule has 3 fully saturated rings. The molecule has 0 saturated carbocycles. The quantitative estimate of drug-likeness (QED) is 0.612. The molecule has 10 heteroatoms. The van der Waals surface area contributed by atoms with Crippen LogP contribution in [0.3, 0.4) is 0 Å². The molecule has 3 aliphatic heterocycles. The van der Waals surface area contributed by atoms with Crippen LogP contribution in [-0.4, -0.2) is 123 Å². The Morgan fingerprint density at radius 2 is 1.59 bits per heavy atom. The largest absolute Gasteiger partial charge is 0.374 e. The number of amides is 1. The Kier molecular flexibility index (Phi) is 15.1. The first-order chi connectivity index (χ1) is 12.6. The number of halogens is 3. The lowest BCUT2D eigenvalue weighted by Crippen LogP contribution is -2.53. The third-order valence-electron chi connectivity index (χ3n) is 5.94. The van der Waals surface area contributed by atoms with Gasteiger partial charge < -0.3 is 19.9 Å². The van der Waals surface area contributed by atoms with E-state index in [-0.39, 0.29) is 37.2 Å². The number of rotatable bonds is 6. The Hall–Kier alpha value is 0.140. The molecule has 0 aromatic rings. The number of morpholine rings is 1. The lowest BCUT2D eigenvalue weighted by Gasteiger charge is -2.40. The van der Waals surface area contributed by atoms with Gasteiger partial charge in [-0.1, -0.05) is 0 Å². The van der Waals surface area contributed by atoms with Crippen molar-refractivity contribution in [2.75, 3.05) is 85.1 Å². The van der Waals surface area contributed by atoms with Crippen molar-refractivity contribution in [3.05, 3.63) is 0 Å². The second-order valence-corrected chi connectivity index (χ2v) is 8.10. The topological polar surface area (TPSA) is 51.3 Å². The molecule has 3 aliphatic rings. The van der Waals surface area contributed by atoms with Gasteiger partial charge in [-0.15, -0.1) is 37.2 Å². The van der Waals surface area contributed by atoms with Gasteiger partial charge >= 0.3 is 0 Å². The Morgan fingerprint density at radius 3 is 2.21 bits per heavy atom. The molecule has 3 saturated heterocycles. The normalized spacial score (nSPS) is 24.4. The average molecular weight is 477 g/mol. The highest BCUT2D eigenvalue weighted by atomic mass is 35.5. The summed E-state index contributed by atoms with van der Waals surface area (Å²) in [6.07, 6.45) is 1.00. The average Bonchev–Trinajstić information content (AvgIpc) is 2.68. The summed E-state index contributed by atoms with van der Waals surface area (Å²) in [7, 11) is 0. The van der Waals surface area contributed by atoms with E-state index in [0.717, 1.165) is 85.1 Å². The highest BCUT2D eigenvalue weighted by molar-refractivity contribution is 5.86. The number of carbonyl (C=O) groups is 1. The summed E-state index contributed by atoms with van der Waals surface area (Å²) in [4.78, 5) is 21.8. The molecule has 1 atom stereocenters. The van der Waals surface area contributed by atoms with Crippen LogP contribution in [0, 0.1) is 0 Å². The first-order valence-corrected chi connectivity index (χ1v) is 10.4. The second-order valence-electron chi connectivity index (χ2n) is 8.10. The molecule has 3 rings (SSSR count). The van der Waals surface area contributed by atoms with Crippen LogP contribution >= 0.6 is 37.2 Å². The molecule has 1 unspecified atom stereocenters. The zero-order chi connectivity index (χ0) is 18.4. The maximum absolute atomic E-state index is 12.3. The van der Waals surface area contributed by atoms with E-state index >= 15 is 0 Å². The van der Waals surface area contributed by atoms with Gasteiger partial charge in [0.1, 0.15) is 0 Å². The summed E-state index contributed by atoms with van der Waals surface area (Å²) in [5.41, 5.74) is 0. The molecule has 174 valence electrons. The minimum atomic E-state index is 0. The van der Waals surface area contributed by atoms with Crippen molar-refractivity contribution in [2.24, 2.45) is 0 Å². The van der Waals surface area contributed by atoms with Crippen molar-refractivity contribution >= 4 is 43.1 Å². The minimum absolute atomic E-state index is 0. The van der Waals surface area contributed by atoms with Crippen LogP contribution in [0.4, 0.5) is 0 Å². The lowest BCUT2D eigenvalue weighted by molar-refractivity contribution is -0.132. The van der Waals surface area contributed by atoms with Crippen molar-refractivity contribution in [2.45, 2.75) is 32.4 Å². The van der Waals surface area contributed by atoms with E-state index in [9.17, 15) is 4.79 Å². The molecular formula is C19H40Cl3N5O2. The highest BCUT2D eigenvalue weighted by Crippen LogP contribution is 2.12. The number of nitrogens with zero attached hydrogens (tertiary/aromatic N) is 4. The summed E-state index contributed by atoms with van der Waals surface area (Å²) < 4.78 is 5.98. The number of carbonyl (C=O) groups excluding carboxylic acids is 1. The van der Waals surface area contributed by atoms with Gasteiger partial charge in [0.05, 0.1) is 12.7 Å². The molecule has 0 aromatic heterocycles. The molecule has 0 radical (unpaired) electrons. The van der Waals surface area contributed by atoms with Crippen molar-refractivity contribution in [3.63, 3.8) is 0 Å². The van der Waals surface area contributed by atoms with E-state index in [4.69, 9.17) is 4.74 Å². The van der Waals surface area contributed by atoms with E-state index in [1.165, 1.54) is 0 Å². The smallest absolute Gasteiger partial charge is 0.223 e. The molecule has 7 nitrogen and oxygen atoms in total. The zero-order valence-corrected chi connectivity index (χ0v) is 20.3. The van der Waals surface area contributed by atoms with E-state index in [2.05, 4.69) is 33.9 Å². The predicted octanol–water partition coefficient (Wildman–Crippen LogP) is 0.801. The van der Waals surface area contributed by atoms with Gasteiger partial charge in [0, 0.05) is 91.0 Å². The van der Waals surface area contributed by atoms with Crippen molar-refractivity contribution < 1.29 is 9.53 Å². The Labute approximate surface area is 195 Å². The van der Waals surface area contributed by atoms with Gasteiger partial charge in [-0.2, -0.15) is 0 Å². The molecule has 1 N–H and O–H groups in total. The Morgan fingerprint density at radius 1 is 0.966 bits per heavy atom. The summed E-state index contributed by atoms with van der Waals surface area (Å²) in [6, 6.07) is 0.603. The van der Waals surface area contributed by atoms with Gasteiger partial charge in [0.15, 0.2) is 0 Å². The van der Waals surface area contributed by atoms with Gasteiger partial charge in [0.25, 0.3) is 0 Å². The molecule has 0 bridgehead atoms. The first-order valence-electron chi connectivity index (χ1n) is 10.4. The molecule has 0 spiro atoms. The fraction of sp³-hybridized carbons (Fsp3) is 0.947. The summed E-state index contributed by atoms with van der Waals surface area (Å²) >= 11 is 0. The van der Waals surface area contributed by atoms with Crippen LogP contribution in [0.2, 0.25) is 0 Å². The highest BCUT2D eigenvalue weighted by Gasteiger charge is 2.26. The monoisotopic (exact) mass is 475 g/mol. The molecule has 3 heterocycles. The van der Waals surface area contributed by atoms with E-state index in [1.807, 2.05) is 4.90 Å². The predicted molar refractivity (Wildman–Crippen MR) is 125 cm³/mol. The SMILES string of the molecule is CC(C)N1CCOC(CN2CCN(CCC(=O)N3CCNCC3)CC2)C1.Cl.Cl.Cl. The molecule has 0 aromatic carbocycles. The van der Waals surface area contributed by atoms with Crippen molar-refractivity contribution in [1.82, 2.24) is 24.9 Å². The number of hydrogen-bond acceptors (Lipinski definition) is 6. The van der Waals surface area contributed by atoms with Crippen LogP contribution in [0.1, 0.15) is 20.3 Å². The standard InChI is InChI=1S/C19H37N5O2.3ClH/c1-17(2)24-13-14-26-18(16-24)15-22-11-9-21(10-12-22)6-3-19(25)23-7-4-20-5-8-23;;;/h17-18,20H,3-16H2,1-2H3;3*1H. The maximum atomic E-state index is 12.3. The summed E-state index contributed by atoms with van der Waals surface area (Å²) in [5.74, 6) is 0.318. The van der Waals surface area contributed by atoms with E-state index in [1.54, 1.807) is 0 Å². The molecule has 29 heavy (non-hydrogen) atoms. The van der Waals surface area contributed by atoms with E-state index in [0.29, 0.717) is 24.5 Å². The van der Waals surface area contributed by atoms with Gasteiger partial charge in [-0.05, 0) is 13.8 Å². The fourth-order valence-corrected chi connectivity index (χ4v) is 4.13. The number of nitrogens with one attached hydrogen (secondary N) is 1. The third kappa shape index (κ3) is 9.44. The number of piperazine rings is 2. The van der Waals surface area contributed by atoms with Gasteiger partial charge in [-0.3, -0.25) is 14.6 Å². The van der Waals surface area contributed by atoms with Crippen LogP contribution in [0.5, 0.6) is 0 Å². The Balaban J connectivity index is 0.00000261.